The highest BCUT2D eigenvalue weighted by Crippen LogP contribution is 2.27. The highest BCUT2D eigenvalue weighted by atomic mass is 32.1. The standard InChI is InChI=1S/C11H11FN2S/c1-7-10(6-13)15-11(14-7)8-3-2-4-9(12)5-8/h2-5H,6,13H2,1H3. The van der Waals surface area contributed by atoms with Crippen molar-refractivity contribution in [2.45, 2.75) is 13.5 Å². The molecule has 1 heterocycles. The van der Waals surface area contributed by atoms with Crippen molar-refractivity contribution >= 4 is 11.3 Å². The molecule has 2 nitrogen and oxygen atoms in total. The number of halogens is 1. The van der Waals surface area contributed by atoms with Gasteiger partial charge in [0.25, 0.3) is 0 Å². The molecule has 0 aliphatic carbocycles. The summed E-state index contributed by atoms with van der Waals surface area (Å²) in [5.41, 5.74) is 7.31. The minimum atomic E-state index is -0.241. The minimum Gasteiger partial charge on any atom is -0.326 e. The molecule has 2 rings (SSSR count). The van der Waals surface area contributed by atoms with Gasteiger partial charge >= 0.3 is 0 Å². The summed E-state index contributed by atoms with van der Waals surface area (Å²) in [7, 11) is 0. The molecule has 0 fully saturated rings. The average Bonchev–Trinajstić information content (AvgIpc) is 2.60. The molecule has 0 atom stereocenters. The first-order valence-corrected chi connectivity index (χ1v) is 5.44. The topological polar surface area (TPSA) is 38.9 Å². The van der Waals surface area contributed by atoms with Gasteiger partial charge in [-0.2, -0.15) is 0 Å². The van der Waals surface area contributed by atoms with Gasteiger partial charge in [-0.3, -0.25) is 0 Å². The van der Waals surface area contributed by atoms with Crippen LogP contribution in [0.15, 0.2) is 24.3 Å². The molecule has 78 valence electrons. The van der Waals surface area contributed by atoms with E-state index < -0.39 is 0 Å². The minimum absolute atomic E-state index is 0.241. The van der Waals surface area contributed by atoms with E-state index in [1.807, 2.05) is 13.0 Å². The molecule has 0 unspecified atom stereocenters. The fraction of sp³-hybridized carbons (Fsp3) is 0.182. The van der Waals surface area contributed by atoms with Crippen LogP contribution >= 0.6 is 11.3 Å². The number of hydrogen-bond donors (Lipinski definition) is 1. The molecule has 2 N–H and O–H groups in total. The lowest BCUT2D eigenvalue weighted by molar-refractivity contribution is 0.628. The lowest BCUT2D eigenvalue weighted by atomic mass is 10.2. The molecule has 4 heteroatoms. The number of hydrogen-bond acceptors (Lipinski definition) is 3. The third-order valence-corrected chi connectivity index (χ3v) is 3.38. The van der Waals surface area contributed by atoms with E-state index in [4.69, 9.17) is 5.73 Å². The maximum atomic E-state index is 13.0. The van der Waals surface area contributed by atoms with E-state index in [2.05, 4.69) is 4.98 Å². The van der Waals surface area contributed by atoms with Crippen molar-refractivity contribution < 1.29 is 4.39 Å². The Morgan fingerprint density at radius 3 is 2.87 bits per heavy atom. The molecule has 0 aliphatic rings. The Hall–Kier alpha value is -1.26. The number of nitrogens with two attached hydrogens (primary N) is 1. The van der Waals surface area contributed by atoms with Gasteiger partial charge in [-0.25, -0.2) is 9.37 Å². The van der Waals surface area contributed by atoms with Gasteiger partial charge in [-0.15, -0.1) is 11.3 Å². The molecular formula is C11H11FN2S. The summed E-state index contributed by atoms with van der Waals surface area (Å²) in [4.78, 5) is 5.41. The van der Waals surface area contributed by atoms with Gasteiger partial charge in [-0.05, 0) is 19.1 Å². The van der Waals surface area contributed by atoms with Crippen LogP contribution in [-0.4, -0.2) is 4.98 Å². The maximum absolute atomic E-state index is 13.0. The first kappa shape index (κ1) is 10.3. The summed E-state index contributed by atoms with van der Waals surface area (Å²) < 4.78 is 13.0. The summed E-state index contributed by atoms with van der Waals surface area (Å²) in [6.07, 6.45) is 0. The third-order valence-electron chi connectivity index (χ3n) is 2.15. The highest BCUT2D eigenvalue weighted by Gasteiger charge is 2.08. The van der Waals surface area contributed by atoms with Crippen molar-refractivity contribution in [2.75, 3.05) is 0 Å². The monoisotopic (exact) mass is 222 g/mol. The second-order valence-electron chi connectivity index (χ2n) is 3.24. The van der Waals surface area contributed by atoms with Crippen LogP contribution in [0.25, 0.3) is 10.6 Å². The van der Waals surface area contributed by atoms with Gasteiger partial charge in [0.15, 0.2) is 0 Å². The van der Waals surface area contributed by atoms with Gasteiger partial charge in [0.1, 0.15) is 10.8 Å². The molecule has 15 heavy (non-hydrogen) atoms. The Morgan fingerprint density at radius 1 is 1.47 bits per heavy atom. The smallest absolute Gasteiger partial charge is 0.124 e. The van der Waals surface area contributed by atoms with E-state index in [0.29, 0.717) is 6.54 Å². The summed E-state index contributed by atoms with van der Waals surface area (Å²) in [6, 6.07) is 6.44. The van der Waals surface area contributed by atoms with Crippen LogP contribution in [0.3, 0.4) is 0 Å². The molecule has 2 aromatic rings. The molecular weight excluding hydrogens is 211 g/mol. The quantitative estimate of drug-likeness (QED) is 0.848. The number of benzene rings is 1. The van der Waals surface area contributed by atoms with Crippen LogP contribution in [-0.2, 0) is 6.54 Å². The normalized spacial score (nSPS) is 10.6. The lowest BCUT2D eigenvalue weighted by Gasteiger charge is -1.94. The highest BCUT2D eigenvalue weighted by molar-refractivity contribution is 7.15. The van der Waals surface area contributed by atoms with E-state index in [0.717, 1.165) is 21.1 Å². The zero-order chi connectivity index (χ0) is 10.8. The second-order valence-corrected chi connectivity index (χ2v) is 4.33. The summed E-state index contributed by atoms with van der Waals surface area (Å²) in [5, 5.41) is 0.826. The van der Waals surface area contributed by atoms with Crippen LogP contribution in [0.5, 0.6) is 0 Å². The number of nitrogens with zero attached hydrogens (tertiary/aromatic N) is 1. The fourth-order valence-corrected chi connectivity index (χ4v) is 2.30. The van der Waals surface area contributed by atoms with Crippen LogP contribution in [0, 0.1) is 12.7 Å². The van der Waals surface area contributed by atoms with Gasteiger partial charge in [-0.1, -0.05) is 12.1 Å². The zero-order valence-corrected chi connectivity index (χ0v) is 9.14. The van der Waals surface area contributed by atoms with Crippen LogP contribution in [0.2, 0.25) is 0 Å². The van der Waals surface area contributed by atoms with E-state index in [1.54, 1.807) is 6.07 Å². The molecule has 0 saturated heterocycles. The van der Waals surface area contributed by atoms with Crippen molar-refractivity contribution in [1.82, 2.24) is 4.98 Å². The largest absolute Gasteiger partial charge is 0.326 e. The number of rotatable bonds is 2. The Morgan fingerprint density at radius 2 is 2.27 bits per heavy atom. The van der Waals surface area contributed by atoms with Crippen molar-refractivity contribution in [1.29, 1.82) is 0 Å². The predicted molar refractivity (Wildman–Crippen MR) is 60.1 cm³/mol. The lowest BCUT2D eigenvalue weighted by Crippen LogP contribution is -1.94. The zero-order valence-electron chi connectivity index (χ0n) is 8.33. The molecule has 0 aliphatic heterocycles. The fourth-order valence-electron chi connectivity index (χ4n) is 1.36. The first-order chi connectivity index (χ1) is 7.20. The Balaban J connectivity index is 2.45. The second kappa shape index (κ2) is 4.08. The Kier molecular flexibility index (Phi) is 2.79. The molecule has 0 radical (unpaired) electrons. The summed E-state index contributed by atoms with van der Waals surface area (Å²) in [5.74, 6) is -0.241. The van der Waals surface area contributed by atoms with Crippen LogP contribution < -0.4 is 5.73 Å². The third kappa shape index (κ3) is 2.06. The van der Waals surface area contributed by atoms with Crippen molar-refractivity contribution in [3.63, 3.8) is 0 Å². The van der Waals surface area contributed by atoms with Gasteiger partial charge in [0.2, 0.25) is 0 Å². The van der Waals surface area contributed by atoms with E-state index in [1.165, 1.54) is 23.5 Å². The Labute approximate surface area is 91.6 Å². The molecule has 0 saturated carbocycles. The Bertz CT molecular complexity index is 479. The van der Waals surface area contributed by atoms with Crippen LogP contribution in [0.1, 0.15) is 10.6 Å². The molecule has 0 amide bonds. The van der Waals surface area contributed by atoms with E-state index in [-0.39, 0.29) is 5.82 Å². The predicted octanol–water partition coefficient (Wildman–Crippen LogP) is 2.72. The number of thiazole rings is 1. The molecule has 0 bridgehead atoms. The van der Waals surface area contributed by atoms with Crippen molar-refractivity contribution in [3.05, 3.63) is 40.7 Å². The first-order valence-electron chi connectivity index (χ1n) is 4.63. The van der Waals surface area contributed by atoms with Crippen molar-refractivity contribution in [3.8, 4) is 10.6 Å². The number of aryl methyl sites for hydroxylation is 1. The van der Waals surface area contributed by atoms with Gasteiger partial charge < -0.3 is 5.73 Å². The summed E-state index contributed by atoms with van der Waals surface area (Å²) >= 11 is 1.52. The van der Waals surface area contributed by atoms with Crippen LogP contribution in [0.4, 0.5) is 4.39 Å². The summed E-state index contributed by atoms with van der Waals surface area (Å²) in [6.45, 7) is 2.40. The van der Waals surface area contributed by atoms with Crippen molar-refractivity contribution in [2.24, 2.45) is 5.73 Å². The molecule has 1 aromatic heterocycles. The van der Waals surface area contributed by atoms with E-state index in [9.17, 15) is 4.39 Å². The average molecular weight is 222 g/mol. The van der Waals surface area contributed by atoms with E-state index >= 15 is 0 Å². The van der Waals surface area contributed by atoms with Gasteiger partial charge in [0, 0.05) is 17.0 Å². The SMILES string of the molecule is Cc1nc(-c2cccc(F)c2)sc1CN. The number of aromatic nitrogens is 1. The molecule has 1 aromatic carbocycles. The molecule has 0 spiro atoms. The van der Waals surface area contributed by atoms with Gasteiger partial charge in [0.05, 0.1) is 5.69 Å². The maximum Gasteiger partial charge on any atom is 0.124 e.